The van der Waals surface area contributed by atoms with Crippen LogP contribution < -0.4 is 0 Å². The fourth-order valence-corrected chi connectivity index (χ4v) is 8.65. The number of carbonyl (C=O) groups excluding carboxylic acids is 2. The van der Waals surface area contributed by atoms with E-state index in [1.807, 2.05) is 61.7 Å². The summed E-state index contributed by atoms with van der Waals surface area (Å²) in [6.45, 7) is 8.31. The second kappa shape index (κ2) is 9.99. The van der Waals surface area contributed by atoms with Gasteiger partial charge in [0.05, 0.1) is 18.8 Å². The molecule has 6 nitrogen and oxygen atoms in total. The number of rotatable bonds is 11. The van der Waals surface area contributed by atoms with Crippen LogP contribution in [0.3, 0.4) is 0 Å². The zero-order chi connectivity index (χ0) is 25.3. The quantitative estimate of drug-likeness (QED) is 0.414. The fourth-order valence-electron chi connectivity index (χ4n) is 5.81. The molecule has 2 atom stereocenters. The maximum Gasteiger partial charge on any atom is 0.238 e. The van der Waals surface area contributed by atoms with E-state index in [-0.39, 0.29) is 41.9 Å². The number of nitrogens with zero attached hydrogens (tertiary/aromatic N) is 2. The summed E-state index contributed by atoms with van der Waals surface area (Å²) in [7, 11) is -3.88. The number of Topliss-reactive ketones (excluding diaryl/α,β-unsaturated/α-hetero) is 1. The van der Waals surface area contributed by atoms with E-state index in [9.17, 15) is 18.0 Å². The van der Waals surface area contributed by atoms with Crippen molar-refractivity contribution in [2.24, 2.45) is 16.7 Å². The third-order valence-corrected chi connectivity index (χ3v) is 10.9. The van der Waals surface area contributed by atoms with Crippen molar-refractivity contribution in [1.29, 1.82) is 0 Å². The van der Waals surface area contributed by atoms with E-state index >= 15 is 0 Å². The lowest BCUT2D eigenvalue weighted by atomic mass is 9.70. The average molecular weight is 515 g/mol. The molecule has 1 aromatic carbocycles. The van der Waals surface area contributed by atoms with Gasteiger partial charge >= 0.3 is 0 Å². The summed E-state index contributed by atoms with van der Waals surface area (Å²) in [4.78, 5) is 29.2. The average Bonchev–Trinajstić information content (AvgIpc) is 3.45. The van der Waals surface area contributed by atoms with Crippen molar-refractivity contribution in [2.75, 3.05) is 18.8 Å². The Balaban J connectivity index is 1.56. The van der Waals surface area contributed by atoms with Gasteiger partial charge in [-0.05, 0) is 41.2 Å². The van der Waals surface area contributed by atoms with E-state index in [2.05, 4.69) is 6.58 Å². The van der Waals surface area contributed by atoms with Crippen LogP contribution in [0.15, 0.2) is 60.5 Å². The van der Waals surface area contributed by atoms with Gasteiger partial charge in [-0.1, -0.05) is 56.3 Å². The van der Waals surface area contributed by atoms with Crippen LogP contribution in [0, 0.1) is 16.7 Å². The Morgan fingerprint density at radius 2 is 1.91 bits per heavy atom. The standard InChI is InChI=1S/C27H34N2O4S2/c1-4-14-29(35(32,33)20-27-13-12-22(16-24(27)30)26(27,2)3)19-25(31)28(18-23-11-8-15-34-23)17-21-9-6-5-7-10-21/h4-11,15,22H,1,12-14,16-20H2,2-3H3. The third-order valence-electron chi connectivity index (χ3n) is 8.10. The van der Waals surface area contributed by atoms with Crippen LogP contribution >= 0.6 is 11.3 Å². The van der Waals surface area contributed by atoms with E-state index in [0.29, 0.717) is 25.9 Å². The molecule has 35 heavy (non-hydrogen) atoms. The van der Waals surface area contributed by atoms with Gasteiger partial charge in [0.15, 0.2) is 0 Å². The normalized spacial score (nSPS) is 23.1. The molecule has 2 aromatic rings. The zero-order valence-corrected chi connectivity index (χ0v) is 22.1. The largest absolute Gasteiger partial charge is 0.332 e. The molecule has 4 rings (SSSR count). The number of fused-ring (bicyclic) bond motifs is 2. The number of hydrogen-bond donors (Lipinski definition) is 0. The van der Waals surface area contributed by atoms with Crippen molar-refractivity contribution < 1.29 is 18.0 Å². The van der Waals surface area contributed by atoms with Gasteiger partial charge in [-0.15, -0.1) is 17.9 Å². The van der Waals surface area contributed by atoms with Gasteiger partial charge in [0.25, 0.3) is 0 Å². The lowest BCUT2D eigenvalue weighted by Crippen LogP contribution is -2.49. The summed E-state index contributed by atoms with van der Waals surface area (Å²) in [5, 5.41) is 1.96. The first-order chi connectivity index (χ1) is 16.6. The molecule has 188 valence electrons. The highest BCUT2D eigenvalue weighted by Gasteiger charge is 2.65. The molecule has 1 heterocycles. The molecular weight excluding hydrogens is 480 g/mol. The molecule has 2 saturated carbocycles. The van der Waals surface area contributed by atoms with Crippen molar-refractivity contribution in [3.8, 4) is 0 Å². The lowest BCUT2D eigenvalue weighted by molar-refractivity contribution is -0.132. The molecule has 8 heteroatoms. The minimum atomic E-state index is -3.88. The monoisotopic (exact) mass is 514 g/mol. The first-order valence-electron chi connectivity index (χ1n) is 12.1. The van der Waals surface area contributed by atoms with Gasteiger partial charge in [-0.3, -0.25) is 9.59 Å². The highest BCUT2D eigenvalue weighted by atomic mass is 32.2. The highest BCUT2D eigenvalue weighted by Crippen LogP contribution is 2.64. The van der Waals surface area contributed by atoms with Crippen LogP contribution in [0.4, 0.5) is 0 Å². The molecule has 0 N–H and O–H groups in total. The number of amides is 1. The summed E-state index contributed by atoms with van der Waals surface area (Å²) < 4.78 is 28.6. The molecule has 0 saturated heterocycles. The van der Waals surface area contributed by atoms with Crippen molar-refractivity contribution in [3.63, 3.8) is 0 Å². The summed E-state index contributed by atoms with van der Waals surface area (Å²) in [5.74, 6) is -0.235. The predicted molar refractivity (Wildman–Crippen MR) is 139 cm³/mol. The molecule has 0 radical (unpaired) electrons. The Kier molecular flexibility index (Phi) is 7.36. The Hall–Kier alpha value is -2.29. The number of hydrogen-bond acceptors (Lipinski definition) is 5. The Bertz CT molecular complexity index is 1180. The van der Waals surface area contributed by atoms with Gasteiger partial charge in [0.2, 0.25) is 15.9 Å². The maximum atomic E-state index is 13.7. The number of benzene rings is 1. The van der Waals surface area contributed by atoms with Crippen molar-refractivity contribution >= 4 is 33.1 Å². The molecule has 2 unspecified atom stereocenters. The predicted octanol–water partition coefficient (Wildman–Crippen LogP) is 4.49. The second-order valence-electron chi connectivity index (χ2n) is 10.3. The van der Waals surface area contributed by atoms with Crippen LogP contribution in [0.1, 0.15) is 43.6 Å². The molecule has 0 spiro atoms. The van der Waals surface area contributed by atoms with E-state index in [4.69, 9.17) is 0 Å². The van der Waals surface area contributed by atoms with Crippen LogP contribution in [-0.2, 0) is 32.7 Å². The van der Waals surface area contributed by atoms with E-state index < -0.39 is 15.4 Å². The topological polar surface area (TPSA) is 74.8 Å². The second-order valence-corrected chi connectivity index (χ2v) is 13.3. The van der Waals surface area contributed by atoms with Crippen LogP contribution in [0.5, 0.6) is 0 Å². The summed E-state index contributed by atoms with van der Waals surface area (Å²) in [5.41, 5.74) is -0.260. The summed E-state index contributed by atoms with van der Waals surface area (Å²) >= 11 is 1.56. The highest BCUT2D eigenvalue weighted by molar-refractivity contribution is 7.89. The number of thiophene rings is 1. The zero-order valence-electron chi connectivity index (χ0n) is 20.5. The molecule has 2 bridgehead atoms. The smallest absolute Gasteiger partial charge is 0.238 e. The maximum absolute atomic E-state index is 13.7. The summed E-state index contributed by atoms with van der Waals surface area (Å²) in [6, 6.07) is 13.6. The van der Waals surface area contributed by atoms with Crippen molar-refractivity contribution in [2.45, 2.75) is 46.2 Å². The first kappa shape index (κ1) is 25.8. The van der Waals surface area contributed by atoms with Crippen LogP contribution in [-0.4, -0.2) is 48.2 Å². The van der Waals surface area contributed by atoms with E-state index in [0.717, 1.165) is 16.9 Å². The van der Waals surface area contributed by atoms with E-state index in [1.54, 1.807) is 16.2 Å². The molecule has 1 amide bonds. The number of carbonyl (C=O) groups is 2. The van der Waals surface area contributed by atoms with Crippen LogP contribution in [0.2, 0.25) is 0 Å². The third kappa shape index (κ3) is 5.01. The molecule has 2 aliphatic rings. The Morgan fingerprint density at radius 1 is 1.17 bits per heavy atom. The molecule has 0 aliphatic heterocycles. The van der Waals surface area contributed by atoms with Gasteiger partial charge in [-0.2, -0.15) is 4.31 Å². The molecule has 2 fully saturated rings. The van der Waals surface area contributed by atoms with Crippen molar-refractivity contribution in [3.05, 3.63) is 70.9 Å². The van der Waals surface area contributed by atoms with Gasteiger partial charge in [-0.25, -0.2) is 8.42 Å². The number of ketones is 1. The Morgan fingerprint density at radius 3 is 2.49 bits per heavy atom. The van der Waals surface area contributed by atoms with Gasteiger partial charge in [0, 0.05) is 29.8 Å². The van der Waals surface area contributed by atoms with Crippen molar-refractivity contribution in [1.82, 2.24) is 9.21 Å². The van der Waals surface area contributed by atoms with Gasteiger partial charge in [0.1, 0.15) is 5.78 Å². The minimum Gasteiger partial charge on any atom is -0.332 e. The lowest BCUT2D eigenvalue weighted by Gasteiger charge is -2.37. The molecule has 1 aromatic heterocycles. The fraction of sp³-hybridized carbons (Fsp3) is 0.481. The Labute approximate surface area is 212 Å². The van der Waals surface area contributed by atoms with Crippen LogP contribution in [0.25, 0.3) is 0 Å². The molecule has 2 aliphatic carbocycles. The first-order valence-corrected chi connectivity index (χ1v) is 14.5. The minimum absolute atomic E-state index is 0.0282. The van der Waals surface area contributed by atoms with Gasteiger partial charge < -0.3 is 4.90 Å². The number of sulfonamides is 1. The summed E-state index contributed by atoms with van der Waals surface area (Å²) in [6.07, 6.45) is 3.42. The SMILES string of the molecule is C=CCN(CC(=O)N(Cc1ccccc1)Cc1cccs1)S(=O)(=O)CC12CCC(CC1=O)C2(C)C. The molecular formula is C27H34N2O4S2. The van der Waals surface area contributed by atoms with E-state index in [1.165, 1.54) is 10.4 Å².